The van der Waals surface area contributed by atoms with E-state index in [4.69, 9.17) is 0 Å². The molecule has 1 saturated carbocycles. The standard InChI is InChI=1S/C10H16N2S/c1-8-7-12-10(13-8)5-6-11-9-3-2-4-9/h7,9,11H,2-6H2,1H3. The summed E-state index contributed by atoms with van der Waals surface area (Å²) in [4.78, 5) is 5.65. The van der Waals surface area contributed by atoms with E-state index in [9.17, 15) is 0 Å². The first kappa shape index (κ1) is 9.16. The summed E-state index contributed by atoms with van der Waals surface area (Å²) in [6.07, 6.45) is 7.21. The van der Waals surface area contributed by atoms with E-state index in [0.717, 1.165) is 19.0 Å². The van der Waals surface area contributed by atoms with Crippen LogP contribution in [0.5, 0.6) is 0 Å². The van der Waals surface area contributed by atoms with Crippen LogP contribution in [0, 0.1) is 6.92 Å². The van der Waals surface area contributed by atoms with Gasteiger partial charge in [-0.2, -0.15) is 0 Å². The van der Waals surface area contributed by atoms with Crippen LogP contribution in [0.2, 0.25) is 0 Å². The molecule has 0 spiro atoms. The van der Waals surface area contributed by atoms with Crippen LogP contribution in [-0.2, 0) is 6.42 Å². The SMILES string of the molecule is Cc1cnc(CCNC2CCC2)s1. The fourth-order valence-electron chi connectivity index (χ4n) is 1.51. The Morgan fingerprint density at radius 3 is 3.00 bits per heavy atom. The van der Waals surface area contributed by atoms with Gasteiger partial charge in [0.05, 0.1) is 5.01 Å². The number of thiazole rings is 1. The Labute approximate surface area is 83.4 Å². The van der Waals surface area contributed by atoms with Gasteiger partial charge in [0.25, 0.3) is 0 Å². The van der Waals surface area contributed by atoms with Crippen molar-refractivity contribution in [3.05, 3.63) is 16.1 Å². The van der Waals surface area contributed by atoms with Crippen LogP contribution in [0.1, 0.15) is 29.1 Å². The number of rotatable bonds is 4. The first-order valence-electron chi connectivity index (χ1n) is 4.99. The first-order valence-corrected chi connectivity index (χ1v) is 5.81. The molecule has 72 valence electrons. The van der Waals surface area contributed by atoms with Crippen LogP contribution in [0.25, 0.3) is 0 Å². The predicted octanol–water partition coefficient (Wildman–Crippen LogP) is 2.14. The molecule has 0 saturated heterocycles. The van der Waals surface area contributed by atoms with Crippen molar-refractivity contribution in [1.29, 1.82) is 0 Å². The molecule has 1 fully saturated rings. The van der Waals surface area contributed by atoms with Crippen molar-refractivity contribution in [3.63, 3.8) is 0 Å². The van der Waals surface area contributed by atoms with Crippen molar-refractivity contribution >= 4 is 11.3 Å². The average molecular weight is 196 g/mol. The largest absolute Gasteiger partial charge is 0.314 e. The van der Waals surface area contributed by atoms with Gasteiger partial charge in [0.15, 0.2) is 0 Å². The van der Waals surface area contributed by atoms with E-state index >= 15 is 0 Å². The van der Waals surface area contributed by atoms with Crippen LogP contribution >= 0.6 is 11.3 Å². The molecule has 1 aromatic heterocycles. The zero-order valence-corrected chi connectivity index (χ0v) is 8.86. The quantitative estimate of drug-likeness (QED) is 0.798. The normalized spacial score (nSPS) is 17.3. The molecular weight excluding hydrogens is 180 g/mol. The molecule has 0 atom stereocenters. The van der Waals surface area contributed by atoms with E-state index in [2.05, 4.69) is 17.2 Å². The van der Waals surface area contributed by atoms with Gasteiger partial charge in [-0.15, -0.1) is 11.3 Å². The van der Waals surface area contributed by atoms with Crippen molar-refractivity contribution < 1.29 is 0 Å². The van der Waals surface area contributed by atoms with Gasteiger partial charge in [-0.3, -0.25) is 0 Å². The zero-order valence-electron chi connectivity index (χ0n) is 8.05. The fraction of sp³-hybridized carbons (Fsp3) is 0.700. The van der Waals surface area contributed by atoms with E-state index in [0.29, 0.717) is 0 Å². The molecular formula is C10H16N2S. The predicted molar refractivity (Wildman–Crippen MR) is 56.2 cm³/mol. The summed E-state index contributed by atoms with van der Waals surface area (Å²) in [5, 5.41) is 4.81. The van der Waals surface area contributed by atoms with Gasteiger partial charge in [-0.05, 0) is 19.8 Å². The summed E-state index contributed by atoms with van der Waals surface area (Å²) in [6, 6.07) is 0.807. The van der Waals surface area contributed by atoms with Crippen molar-refractivity contribution in [1.82, 2.24) is 10.3 Å². The van der Waals surface area contributed by atoms with Crippen molar-refractivity contribution in [3.8, 4) is 0 Å². The molecule has 1 aliphatic rings. The van der Waals surface area contributed by atoms with Gasteiger partial charge >= 0.3 is 0 Å². The Morgan fingerprint density at radius 2 is 2.46 bits per heavy atom. The summed E-state index contributed by atoms with van der Waals surface area (Å²) in [5.41, 5.74) is 0. The molecule has 0 aliphatic heterocycles. The molecule has 0 amide bonds. The van der Waals surface area contributed by atoms with Crippen LogP contribution in [-0.4, -0.2) is 17.6 Å². The minimum Gasteiger partial charge on any atom is -0.314 e. The minimum atomic E-state index is 0.807. The summed E-state index contributed by atoms with van der Waals surface area (Å²) in [6.45, 7) is 3.21. The smallest absolute Gasteiger partial charge is 0.0940 e. The summed E-state index contributed by atoms with van der Waals surface area (Å²) < 4.78 is 0. The van der Waals surface area contributed by atoms with Gasteiger partial charge < -0.3 is 5.32 Å². The van der Waals surface area contributed by atoms with E-state index in [1.165, 1.54) is 29.1 Å². The second kappa shape index (κ2) is 4.20. The van der Waals surface area contributed by atoms with Crippen molar-refractivity contribution in [2.45, 2.75) is 38.6 Å². The lowest BCUT2D eigenvalue weighted by atomic mass is 9.93. The first-order chi connectivity index (χ1) is 6.34. The topological polar surface area (TPSA) is 24.9 Å². The third-order valence-electron chi connectivity index (χ3n) is 2.55. The lowest BCUT2D eigenvalue weighted by Crippen LogP contribution is -2.36. The molecule has 1 N–H and O–H groups in total. The highest BCUT2D eigenvalue weighted by Crippen LogP contribution is 2.18. The molecule has 1 aliphatic carbocycles. The zero-order chi connectivity index (χ0) is 9.10. The second-order valence-corrected chi connectivity index (χ2v) is 5.02. The van der Waals surface area contributed by atoms with E-state index in [1.54, 1.807) is 0 Å². The molecule has 0 bridgehead atoms. The van der Waals surface area contributed by atoms with Gasteiger partial charge in [-0.25, -0.2) is 4.98 Å². The average Bonchev–Trinajstić information content (AvgIpc) is 2.42. The maximum atomic E-state index is 4.33. The fourth-order valence-corrected chi connectivity index (χ4v) is 2.30. The highest BCUT2D eigenvalue weighted by atomic mass is 32.1. The third-order valence-corrected chi connectivity index (χ3v) is 3.52. The lowest BCUT2D eigenvalue weighted by molar-refractivity contribution is 0.342. The Hall–Kier alpha value is -0.410. The van der Waals surface area contributed by atoms with Crippen LogP contribution < -0.4 is 5.32 Å². The van der Waals surface area contributed by atoms with Gasteiger partial charge in [0.2, 0.25) is 0 Å². The molecule has 3 heteroatoms. The summed E-state index contributed by atoms with van der Waals surface area (Å²) >= 11 is 1.81. The van der Waals surface area contributed by atoms with Crippen LogP contribution in [0.4, 0.5) is 0 Å². The molecule has 13 heavy (non-hydrogen) atoms. The number of nitrogens with one attached hydrogen (secondary N) is 1. The van der Waals surface area contributed by atoms with E-state index in [-0.39, 0.29) is 0 Å². The second-order valence-electron chi connectivity index (χ2n) is 3.70. The number of hydrogen-bond donors (Lipinski definition) is 1. The van der Waals surface area contributed by atoms with Gasteiger partial charge in [-0.1, -0.05) is 6.42 Å². The third kappa shape index (κ3) is 2.51. The highest BCUT2D eigenvalue weighted by molar-refractivity contribution is 7.11. The Bertz CT molecular complexity index is 266. The van der Waals surface area contributed by atoms with E-state index < -0.39 is 0 Å². The van der Waals surface area contributed by atoms with E-state index in [1.807, 2.05) is 17.5 Å². The van der Waals surface area contributed by atoms with Crippen molar-refractivity contribution in [2.75, 3.05) is 6.54 Å². The molecule has 1 aromatic rings. The monoisotopic (exact) mass is 196 g/mol. The Kier molecular flexibility index (Phi) is 2.96. The summed E-state index contributed by atoms with van der Waals surface area (Å²) in [5.74, 6) is 0. The van der Waals surface area contributed by atoms with Crippen LogP contribution in [0.15, 0.2) is 6.20 Å². The maximum absolute atomic E-state index is 4.33. The van der Waals surface area contributed by atoms with Gasteiger partial charge in [0, 0.05) is 30.1 Å². The number of nitrogens with zero attached hydrogens (tertiary/aromatic N) is 1. The Balaban J connectivity index is 1.67. The van der Waals surface area contributed by atoms with Crippen molar-refractivity contribution in [2.24, 2.45) is 0 Å². The lowest BCUT2D eigenvalue weighted by Gasteiger charge is -2.26. The minimum absolute atomic E-state index is 0.807. The molecule has 2 nitrogen and oxygen atoms in total. The molecule has 0 aromatic carbocycles. The highest BCUT2D eigenvalue weighted by Gasteiger charge is 2.15. The molecule has 0 radical (unpaired) electrons. The molecule has 2 rings (SSSR count). The number of hydrogen-bond acceptors (Lipinski definition) is 3. The van der Waals surface area contributed by atoms with Gasteiger partial charge in [0.1, 0.15) is 0 Å². The Morgan fingerprint density at radius 1 is 1.62 bits per heavy atom. The molecule has 1 heterocycles. The number of aromatic nitrogens is 1. The maximum Gasteiger partial charge on any atom is 0.0940 e. The number of aryl methyl sites for hydroxylation is 1. The van der Waals surface area contributed by atoms with Crippen LogP contribution in [0.3, 0.4) is 0 Å². The summed E-state index contributed by atoms with van der Waals surface area (Å²) in [7, 11) is 0. The molecule has 0 unspecified atom stereocenters.